The van der Waals surface area contributed by atoms with Crippen LogP contribution in [0.1, 0.15) is 16.7 Å². The Morgan fingerprint density at radius 3 is 2.59 bits per heavy atom. The van der Waals surface area contributed by atoms with Gasteiger partial charge in [0.05, 0.1) is 12.0 Å². The highest BCUT2D eigenvalue weighted by molar-refractivity contribution is 8.26. The Bertz CT molecular complexity index is 986. The minimum absolute atomic E-state index is 0.104. The molecule has 0 bridgehead atoms. The fourth-order valence-electron chi connectivity index (χ4n) is 2.82. The number of carbonyl (C=O) groups excluding carboxylic acids is 1. The van der Waals surface area contributed by atoms with E-state index in [1.807, 2.05) is 42.5 Å². The van der Waals surface area contributed by atoms with Crippen molar-refractivity contribution in [2.45, 2.75) is 13.0 Å². The summed E-state index contributed by atoms with van der Waals surface area (Å²) < 4.78 is 12.2. The standard InChI is InChI=1S/C22H20ClNO3S2/c1-4-5-16-10-15(12-19-21(25)24(2)22(28)29-19)11-18(26-3)20(16)27-13-14-6-8-17(23)9-7-14/h4,6-12H,1,5,13H2,2-3H3/b19-12+. The Labute approximate surface area is 185 Å². The number of ether oxygens (including phenoxy) is 2. The van der Waals surface area contributed by atoms with E-state index >= 15 is 0 Å². The molecule has 1 heterocycles. The molecule has 3 rings (SSSR count). The summed E-state index contributed by atoms with van der Waals surface area (Å²) in [6.07, 6.45) is 4.23. The van der Waals surface area contributed by atoms with Crippen LogP contribution in [0.5, 0.6) is 11.5 Å². The molecule has 0 radical (unpaired) electrons. The van der Waals surface area contributed by atoms with Crippen LogP contribution < -0.4 is 9.47 Å². The number of likely N-dealkylation sites (N-methyl/N-ethyl adjacent to an activating group) is 1. The molecule has 0 atom stereocenters. The lowest BCUT2D eigenvalue weighted by molar-refractivity contribution is -0.121. The monoisotopic (exact) mass is 445 g/mol. The highest BCUT2D eigenvalue weighted by Gasteiger charge is 2.28. The zero-order valence-electron chi connectivity index (χ0n) is 16.1. The van der Waals surface area contributed by atoms with Gasteiger partial charge in [-0.25, -0.2) is 0 Å². The van der Waals surface area contributed by atoms with Gasteiger partial charge in [-0.15, -0.1) is 6.58 Å². The van der Waals surface area contributed by atoms with Crippen molar-refractivity contribution in [2.75, 3.05) is 14.2 Å². The second kappa shape index (κ2) is 9.48. The van der Waals surface area contributed by atoms with Crippen LogP contribution in [0, 0.1) is 0 Å². The number of nitrogens with zero attached hydrogens (tertiary/aromatic N) is 1. The predicted octanol–water partition coefficient (Wildman–Crippen LogP) is 5.49. The number of benzene rings is 2. The topological polar surface area (TPSA) is 38.8 Å². The summed E-state index contributed by atoms with van der Waals surface area (Å²) in [6.45, 7) is 4.22. The van der Waals surface area contributed by atoms with E-state index in [0.29, 0.717) is 38.8 Å². The van der Waals surface area contributed by atoms with E-state index in [4.69, 9.17) is 33.3 Å². The molecule has 29 heavy (non-hydrogen) atoms. The average Bonchev–Trinajstić information content (AvgIpc) is 2.95. The number of methoxy groups -OCH3 is 1. The molecule has 0 N–H and O–H groups in total. The number of thioether (sulfide) groups is 1. The Morgan fingerprint density at radius 1 is 1.28 bits per heavy atom. The highest BCUT2D eigenvalue weighted by atomic mass is 35.5. The van der Waals surface area contributed by atoms with Crippen molar-refractivity contribution in [1.29, 1.82) is 0 Å². The minimum atomic E-state index is -0.104. The smallest absolute Gasteiger partial charge is 0.265 e. The Morgan fingerprint density at radius 2 is 2.00 bits per heavy atom. The van der Waals surface area contributed by atoms with Crippen LogP contribution in [-0.4, -0.2) is 29.3 Å². The first-order valence-electron chi connectivity index (χ1n) is 8.83. The molecular weight excluding hydrogens is 426 g/mol. The van der Waals surface area contributed by atoms with E-state index in [2.05, 4.69) is 6.58 Å². The number of rotatable bonds is 7. The fourth-order valence-corrected chi connectivity index (χ4v) is 4.13. The van der Waals surface area contributed by atoms with Gasteiger partial charge in [-0.1, -0.05) is 53.8 Å². The number of halogens is 1. The van der Waals surface area contributed by atoms with Gasteiger partial charge >= 0.3 is 0 Å². The lowest BCUT2D eigenvalue weighted by atomic mass is 10.0. The van der Waals surface area contributed by atoms with Gasteiger partial charge in [0.2, 0.25) is 0 Å². The van der Waals surface area contributed by atoms with Crippen LogP contribution >= 0.6 is 35.6 Å². The van der Waals surface area contributed by atoms with Crippen molar-refractivity contribution in [3.63, 3.8) is 0 Å². The molecule has 2 aromatic carbocycles. The van der Waals surface area contributed by atoms with E-state index in [0.717, 1.165) is 16.7 Å². The van der Waals surface area contributed by atoms with E-state index in [9.17, 15) is 4.79 Å². The summed E-state index contributed by atoms with van der Waals surface area (Å²) >= 11 is 12.4. The largest absolute Gasteiger partial charge is 0.493 e. The number of hydrogen-bond acceptors (Lipinski definition) is 5. The van der Waals surface area contributed by atoms with Gasteiger partial charge in [0.15, 0.2) is 11.5 Å². The second-order valence-corrected chi connectivity index (χ2v) is 8.47. The molecule has 150 valence electrons. The quantitative estimate of drug-likeness (QED) is 0.320. The third kappa shape index (κ3) is 5.01. The molecule has 1 fully saturated rings. The van der Waals surface area contributed by atoms with Gasteiger partial charge in [0, 0.05) is 17.6 Å². The van der Waals surface area contributed by atoms with Gasteiger partial charge in [-0.2, -0.15) is 0 Å². The molecule has 0 aromatic heterocycles. The van der Waals surface area contributed by atoms with Crippen LogP contribution in [0.3, 0.4) is 0 Å². The molecular formula is C22H20ClNO3S2. The second-order valence-electron chi connectivity index (χ2n) is 6.36. The Hall–Kier alpha value is -2.28. The summed E-state index contributed by atoms with van der Waals surface area (Å²) in [4.78, 5) is 14.4. The summed E-state index contributed by atoms with van der Waals surface area (Å²) in [7, 11) is 3.27. The lowest BCUT2D eigenvalue weighted by Crippen LogP contribution is -2.22. The van der Waals surface area contributed by atoms with Crippen LogP contribution in [0.4, 0.5) is 0 Å². The fraction of sp³-hybridized carbons (Fsp3) is 0.182. The molecule has 1 aliphatic rings. The number of hydrogen-bond donors (Lipinski definition) is 0. The molecule has 7 heteroatoms. The van der Waals surface area contributed by atoms with Crippen molar-refractivity contribution in [1.82, 2.24) is 4.90 Å². The molecule has 0 saturated carbocycles. The first-order valence-corrected chi connectivity index (χ1v) is 10.4. The summed E-state index contributed by atoms with van der Waals surface area (Å²) in [5.41, 5.74) is 2.76. The maximum absolute atomic E-state index is 12.3. The van der Waals surface area contributed by atoms with E-state index in [1.54, 1.807) is 20.2 Å². The van der Waals surface area contributed by atoms with Crippen molar-refractivity contribution in [2.24, 2.45) is 0 Å². The number of amides is 1. The summed E-state index contributed by atoms with van der Waals surface area (Å²) in [5.74, 6) is 1.14. The van der Waals surface area contributed by atoms with Crippen LogP contribution in [0.15, 0.2) is 54.0 Å². The van der Waals surface area contributed by atoms with E-state index in [-0.39, 0.29) is 5.91 Å². The Balaban J connectivity index is 1.92. The van der Waals surface area contributed by atoms with Gasteiger partial charge in [0.25, 0.3) is 5.91 Å². The summed E-state index contributed by atoms with van der Waals surface area (Å²) in [6, 6.07) is 11.3. The minimum Gasteiger partial charge on any atom is -0.493 e. The molecule has 1 amide bonds. The molecule has 2 aromatic rings. The maximum Gasteiger partial charge on any atom is 0.265 e. The summed E-state index contributed by atoms with van der Waals surface area (Å²) in [5, 5.41) is 0.681. The van der Waals surface area contributed by atoms with E-state index < -0.39 is 0 Å². The number of allylic oxidation sites excluding steroid dienone is 1. The lowest BCUT2D eigenvalue weighted by Gasteiger charge is -2.16. The molecule has 1 saturated heterocycles. The molecule has 0 aliphatic carbocycles. The molecule has 1 aliphatic heterocycles. The van der Waals surface area contributed by atoms with Crippen molar-refractivity contribution >= 4 is 51.9 Å². The van der Waals surface area contributed by atoms with Crippen molar-refractivity contribution < 1.29 is 14.3 Å². The van der Waals surface area contributed by atoms with Gasteiger partial charge in [-0.05, 0) is 47.9 Å². The third-order valence-electron chi connectivity index (χ3n) is 4.32. The SMILES string of the molecule is C=CCc1cc(/C=C2/SC(=S)N(C)C2=O)cc(OC)c1OCc1ccc(Cl)cc1. The van der Waals surface area contributed by atoms with E-state index in [1.165, 1.54) is 16.7 Å². The normalized spacial score (nSPS) is 15.1. The van der Waals surface area contributed by atoms with Gasteiger partial charge in [0.1, 0.15) is 10.9 Å². The number of thiocarbonyl (C=S) groups is 1. The predicted molar refractivity (Wildman–Crippen MR) is 124 cm³/mol. The average molecular weight is 446 g/mol. The zero-order chi connectivity index (χ0) is 21.0. The number of carbonyl (C=O) groups is 1. The highest BCUT2D eigenvalue weighted by Crippen LogP contribution is 2.37. The van der Waals surface area contributed by atoms with Crippen LogP contribution in [0.25, 0.3) is 6.08 Å². The van der Waals surface area contributed by atoms with Crippen molar-refractivity contribution in [3.05, 3.63) is 75.7 Å². The third-order valence-corrected chi connectivity index (χ3v) is 6.06. The van der Waals surface area contributed by atoms with Gasteiger partial charge < -0.3 is 9.47 Å². The van der Waals surface area contributed by atoms with Crippen molar-refractivity contribution in [3.8, 4) is 11.5 Å². The van der Waals surface area contributed by atoms with Crippen LogP contribution in [0.2, 0.25) is 5.02 Å². The van der Waals surface area contributed by atoms with Crippen LogP contribution in [-0.2, 0) is 17.8 Å². The molecule has 0 spiro atoms. The molecule has 4 nitrogen and oxygen atoms in total. The first-order chi connectivity index (χ1) is 13.9. The zero-order valence-corrected chi connectivity index (χ0v) is 18.5. The maximum atomic E-state index is 12.3. The first kappa shape index (κ1) is 21.4. The Kier molecular flexibility index (Phi) is 7.00. The molecule has 0 unspecified atom stereocenters. The van der Waals surface area contributed by atoms with Gasteiger partial charge in [-0.3, -0.25) is 9.69 Å².